The number of piperidine rings is 1. The minimum atomic E-state index is -0.327. The number of hydrogen-bond donors (Lipinski definition) is 2. The predicted octanol–water partition coefficient (Wildman–Crippen LogP) is 4.15. The normalized spacial score (nSPS) is 14.7. The summed E-state index contributed by atoms with van der Waals surface area (Å²) in [4.78, 5) is 25.7. The van der Waals surface area contributed by atoms with Crippen LogP contribution in [0.5, 0.6) is 11.6 Å². The molecule has 1 saturated heterocycles. The van der Waals surface area contributed by atoms with Gasteiger partial charge in [-0.05, 0) is 43.2 Å². The second-order valence-electron chi connectivity index (χ2n) is 6.64. The minimum Gasteiger partial charge on any atom is -0.439 e. The molecule has 1 aliphatic heterocycles. The summed E-state index contributed by atoms with van der Waals surface area (Å²) in [6.07, 6.45) is 6.87. The highest BCUT2D eigenvalue weighted by Crippen LogP contribution is 2.26. The highest BCUT2D eigenvalue weighted by atomic mass is 19.1. The molecule has 3 heterocycles. The number of pyridine rings is 1. The van der Waals surface area contributed by atoms with Crippen LogP contribution in [0.25, 0.3) is 0 Å². The fraction of sp³-hybridized carbons (Fsp3) is 0.250. The van der Waals surface area contributed by atoms with Gasteiger partial charge in [0.25, 0.3) is 0 Å². The van der Waals surface area contributed by atoms with E-state index in [4.69, 9.17) is 4.74 Å². The first kappa shape index (κ1) is 18.0. The van der Waals surface area contributed by atoms with Gasteiger partial charge in [-0.3, -0.25) is 0 Å². The van der Waals surface area contributed by atoms with Crippen molar-refractivity contribution >= 4 is 11.7 Å². The fourth-order valence-electron chi connectivity index (χ4n) is 3.22. The van der Waals surface area contributed by atoms with Crippen LogP contribution in [0, 0.1) is 5.82 Å². The SMILES string of the molecule is O=C(Nc1ccc(Oc2ccc(F)cc2)nc1)N1CCC(c2cnc[nH]2)CC1. The number of H-pyrrole nitrogens is 1. The van der Waals surface area contributed by atoms with Crippen molar-refractivity contribution in [3.8, 4) is 11.6 Å². The third-order valence-corrected chi connectivity index (χ3v) is 4.77. The summed E-state index contributed by atoms with van der Waals surface area (Å²) in [7, 11) is 0. The summed E-state index contributed by atoms with van der Waals surface area (Å²) in [5.74, 6) is 0.943. The van der Waals surface area contributed by atoms with E-state index >= 15 is 0 Å². The van der Waals surface area contributed by atoms with E-state index in [2.05, 4.69) is 20.3 Å². The van der Waals surface area contributed by atoms with Crippen molar-refractivity contribution in [2.75, 3.05) is 18.4 Å². The lowest BCUT2D eigenvalue weighted by molar-refractivity contribution is 0.194. The molecule has 2 amide bonds. The molecule has 8 heteroatoms. The van der Waals surface area contributed by atoms with E-state index in [0.29, 0.717) is 36.3 Å². The Bertz CT molecular complexity index is 905. The van der Waals surface area contributed by atoms with Gasteiger partial charge in [0.1, 0.15) is 11.6 Å². The van der Waals surface area contributed by atoms with Crippen LogP contribution in [0.1, 0.15) is 24.5 Å². The van der Waals surface area contributed by atoms with Crippen LogP contribution < -0.4 is 10.1 Å². The van der Waals surface area contributed by atoms with Crippen LogP contribution >= 0.6 is 0 Å². The first-order valence-corrected chi connectivity index (χ1v) is 9.11. The van der Waals surface area contributed by atoms with Gasteiger partial charge in [0.05, 0.1) is 18.2 Å². The molecule has 4 rings (SSSR count). The van der Waals surface area contributed by atoms with Crippen LogP contribution in [0.3, 0.4) is 0 Å². The quantitative estimate of drug-likeness (QED) is 0.711. The Morgan fingerprint density at radius 2 is 1.93 bits per heavy atom. The molecule has 1 fully saturated rings. The summed E-state index contributed by atoms with van der Waals surface area (Å²) in [6, 6.07) is 8.93. The number of nitrogens with zero attached hydrogens (tertiary/aromatic N) is 3. The Hall–Kier alpha value is -3.42. The molecule has 2 aromatic heterocycles. The van der Waals surface area contributed by atoms with Crippen molar-refractivity contribution < 1.29 is 13.9 Å². The van der Waals surface area contributed by atoms with Gasteiger partial charge in [0, 0.05) is 37.0 Å². The first-order valence-electron chi connectivity index (χ1n) is 9.11. The second kappa shape index (κ2) is 8.08. The number of likely N-dealkylation sites (tertiary alicyclic amines) is 1. The first-order chi connectivity index (χ1) is 13.7. The number of imidazole rings is 1. The number of aromatic nitrogens is 3. The average molecular weight is 381 g/mol. The molecule has 0 atom stereocenters. The molecule has 7 nitrogen and oxygen atoms in total. The van der Waals surface area contributed by atoms with Gasteiger partial charge < -0.3 is 19.9 Å². The average Bonchev–Trinajstić information content (AvgIpc) is 3.26. The number of urea groups is 1. The van der Waals surface area contributed by atoms with E-state index in [9.17, 15) is 9.18 Å². The van der Waals surface area contributed by atoms with Gasteiger partial charge in [0.15, 0.2) is 0 Å². The molecular weight excluding hydrogens is 361 g/mol. The number of rotatable bonds is 4. The number of halogens is 1. The van der Waals surface area contributed by atoms with Crippen LogP contribution in [-0.4, -0.2) is 39.0 Å². The zero-order chi connectivity index (χ0) is 19.3. The lowest BCUT2D eigenvalue weighted by Gasteiger charge is -2.31. The Balaban J connectivity index is 1.29. The maximum Gasteiger partial charge on any atom is 0.321 e. The summed E-state index contributed by atoms with van der Waals surface area (Å²) in [5, 5.41) is 2.86. The highest BCUT2D eigenvalue weighted by molar-refractivity contribution is 5.89. The number of hydrogen-bond acceptors (Lipinski definition) is 4. The molecule has 1 aromatic carbocycles. The lowest BCUT2D eigenvalue weighted by atomic mass is 9.94. The van der Waals surface area contributed by atoms with Crippen molar-refractivity contribution in [2.45, 2.75) is 18.8 Å². The molecule has 3 aromatic rings. The Labute approximate surface area is 161 Å². The van der Waals surface area contributed by atoms with Gasteiger partial charge >= 0.3 is 6.03 Å². The number of amides is 2. The number of carbonyl (C=O) groups excluding carboxylic acids is 1. The Morgan fingerprint density at radius 1 is 1.14 bits per heavy atom. The van der Waals surface area contributed by atoms with E-state index in [0.717, 1.165) is 18.5 Å². The summed E-state index contributed by atoms with van der Waals surface area (Å²) < 4.78 is 18.5. The van der Waals surface area contributed by atoms with Crippen molar-refractivity contribution in [1.29, 1.82) is 0 Å². The number of nitrogens with one attached hydrogen (secondary N) is 2. The number of benzene rings is 1. The summed E-state index contributed by atoms with van der Waals surface area (Å²) >= 11 is 0. The zero-order valence-corrected chi connectivity index (χ0v) is 15.1. The van der Waals surface area contributed by atoms with E-state index < -0.39 is 0 Å². The van der Waals surface area contributed by atoms with Crippen molar-refractivity contribution in [2.24, 2.45) is 0 Å². The zero-order valence-electron chi connectivity index (χ0n) is 15.1. The smallest absolute Gasteiger partial charge is 0.321 e. The number of carbonyl (C=O) groups is 1. The minimum absolute atomic E-state index is 0.142. The monoisotopic (exact) mass is 381 g/mol. The standard InChI is InChI=1S/C20H20FN5O2/c21-15-1-4-17(5-2-15)28-19-6-3-16(11-23-19)25-20(27)26-9-7-14(8-10-26)18-12-22-13-24-18/h1-6,11-14H,7-10H2,(H,22,24)(H,25,27). The third kappa shape index (κ3) is 4.28. The van der Waals surface area contributed by atoms with E-state index in [1.165, 1.54) is 30.5 Å². The summed E-state index contributed by atoms with van der Waals surface area (Å²) in [6.45, 7) is 1.38. The van der Waals surface area contributed by atoms with Gasteiger partial charge in [-0.25, -0.2) is 19.2 Å². The number of aromatic amines is 1. The van der Waals surface area contributed by atoms with Gasteiger partial charge in [-0.15, -0.1) is 0 Å². The molecule has 2 N–H and O–H groups in total. The maximum atomic E-state index is 12.9. The highest BCUT2D eigenvalue weighted by Gasteiger charge is 2.24. The lowest BCUT2D eigenvalue weighted by Crippen LogP contribution is -2.40. The molecule has 0 saturated carbocycles. The van der Waals surface area contributed by atoms with Crippen LogP contribution in [0.4, 0.5) is 14.9 Å². The second-order valence-corrected chi connectivity index (χ2v) is 6.64. The van der Waals surface area contributed by atoms with E-state index in [1.54, 1.807) is 23.4 Å². The van der Waals surface area contributed by atoms with Crippen LogP contribution in [-0.2, 0) is 0 Å². The van der Waals surface area contributed by atoms with Crippen LogP contribution in [0.2, 0.25) is 0 Å². The number of anilines is 1. The molecule has 0 aliphatic carbocycles. The van der Waals surface area contributed by atoms with Gasteiger partial charge in [-0.1, -0.05) is 0 Å². The van der Waals surface area contributed by atoms with Gasteiger partial charge in [0.2, 0.25) is 5.88 Å². The van der Waals surface area contributed by atoms with Crippen molar-refractivity contribution in [3.05, 3.63) is 66.6 Å². The molecule has 0 radical (unpaired) electrons. The molecule has 0 bridgehead atoms. The van der Waals surface area contributed by atoms with Crippen molar-refractivity contribution in [3.63, 3.8) is 0 Å². The molecule has 28 heavy (non-hydrogen) atoms. The maximum absolute atomic E-state index is 12.9. The molecule has 1 aliphatic rings. The Morgan fingerprint density at radius 3 is 2.57 bits per heavy atom. The molecule has 0 unspecified atom stereocenters. The van der Waals surface area contributed by atoms with E-state index in [-0.39, 0.29) is 11.8 Å². The topological polar surface area (TPSA) is 83.1 Å². The number of ether oxygens (including phenoxy) is 1. The van der Waals surface area contributed by atoms with Gasteiger partial charge in [-0.2, -0.15) is 0 Å². The molecular formula is C20H20FN5O2. The molecule has 0 spiro atoms. The molecule has 144 valence electrons. The predicted molar refractivity (Wildman–Crippen MR) is 102 cm³/mol. The fourth-order valence-corrected chi connectivity index (χ4v) is 3.22. The van der Waals surface area contributed by atoms with E-state index in [1.807, 2.05) is 6.20 Å². The third-order valence-electron chi connectivity index (χ3n) is 4.77. The van der Waals surface area contributed by atoms with Crippen LogP contribution in [0.15, 0.2) is 55.1 Å². The Kier molecular flexibility index (Phi) is 5.18. The van der Waals surface area contributed by atoms with Crippen molar-refractivity contribution in [1.82, 2.24) is 19.9 Å². The summed E-state index contributed by atoms with van der Waals surface area (Å²) in [5.41, 5.74) is 1.72. The largest absolute Gasteiger partial charge is 0.439 e.